The smallest absolute Gasteiger partial charge is 0.315 e. The van der Waals surface area contributed by atoms with Gasteiger partial charge in [0, 0.05) is 56.5 Å². The number of aliphatic hydroxyl groups is 1. The van der Waals surface area contributed by atoms with Crippen LogP contribution in [0.5, 0.6) is 0 Å². The molecule has 0 aliphatic carbocycles. The number of aliphatic hydroxyl groups excluding tert-OH is 1. The molecule has 4 aromatic carbocycles. The van der Waals surface area contributed by atoms with Gasteiger partial charge in [-0.1, -0.05) is 109 Å². The highest BCUT2D eigenvalue weighted by molar-refractivity contribution is 5.75. The van der Waals surface area contributed by atoms with Gasteiger partial charge in [0.1, 0.15) is 0 Å². The molecule has 2 amide bonds. The highest BCUT2D eigenvalue weighted by Crippen LogP contribution is 2.38. The van der Waals surface area contributed by atoms with Gasteiger partial charge in [-0.25, -0.2) is 4.79 Å². The third kappa shape index (κ3) is 9.62. The van der Waals surface area contributed by atoms with E-state index in [-0.39, 0.29) is 24.8 Å². The van der Waals surface area contributed by atoms with Crippen LogP contribution in [0, 0.1) is 0 Å². The normalized spacial score (nSPS) is 17.5. The van der Waals surface area contributed by atoms with E-state index in [1.54, 1.807) is 0 Å². The van der Waals surface area contributed by atoms with E-state index < -0.39 is 6.29 Å². The minimum atomic E-state index is -0.537. The molecule has 1 saturated heterocycles. The van der Waals surface area contributed by atoms with E-state index >= 15 is 0 Å². The van der Waals surface area contributed by atoms with E-state index in [1.165, 1.54) is 0 Å². The van der Waals surface area contributed by atoms with Crippen LogP contribution in [0.1, 0.15) is 52.3 Å². The Balaban J connectivity index is 1.13. The third-order valence-corrected chi connectivity index (χ3v) is 8.85. The fourth-order valence-electron chi connectivity index (χ4n) is 6.12. The Hall–Kier alpha value is -4.86. The Labute approximate surface area is 288 Å². The molecule has 1 aliphatic rings. The SMILES string of the molecule is CN(CCc1ccccn1)C[C@@H]1C[C@H](c2ccc(CO)cc2)O[C@H](c2ccc(-c3ccccc3CNC(=O)NCc3ccccc3)cc2)O1. The summed E-state index contributed by atoms with van der Waals surface area (Å²) in [4.78, 5) is 19.3. The number of amides is 2. The van der Waals surface area contributed by atoms with Crippen molar-refractivity contribution < 1.29 is 19.4 Å². The second-order valence-electron chi connectivity index (χ2n) is 12.5. The number of aromatic nitrogens is 1. The van der Waals surface area contributed by atoms with E-state index in [9.17, 15) is 9.90 Å². The van der Waals surface area contributed by atoms with Gasteiger partial charge in [0.25, 0.3) is 0 Å². The molecule has 8 heteroatoms. The summed E-state index contributed by atoms with van der Waals surface area (Å²) in [6.45, 7) is 2.51. The summed E-state index contributed by atoms with van der Waals surface area (Å²) in [6, 6.07) is 40.1. The Morgan fingerprint density at radius 2 is 1.51 bits per heavy atom. The Bertz CT molecular complexity index is 1750. The molecule has 0 saturated carbocycles. The van der Waals surface area contributed by atoms with Gasteiger partial charge < -0.3 is 30.1 Å². The molecular formula is C41H44N4O4. The van der Waals surface area contributed by atoms with E-state index in [4.69, 9.17) is 9.47 Å². The molecule has 3 atom stereocenters. The van der Waals surface area contributed by atoms with Crippen molar-refractivity contribution in [2.75, 3.05) is 20.1 Å². The van der Waals surface area contributed by atoms with Crippen molar-refractivity contribution in [3.8, 4) is 11.1 Å². The quantitative estimate of drug-likeness (QED) is 0.127. The number of hydrogen-bond acceptors (Lipinski definition) is 6. The first kappa shape index (κ1) is 34.0. The Morgan fingerprint density at radius 3 is 2.27 bits per heavy atom. The van der Waals surface area contributed by atoms with Crippen LogP contribution in [0.15, 0.2) is 128 Å². The summed E-state index contributed by atoms with van der Waals surface area (Å²) in [5, 5.41) is 15.5. The summed E-state index contributed by atoms with van der Waals surface area (Å²) < 4.78 is 13.2. The number of ether oxygens (including phenoxy) is 2. The molecule has 49 heavy (non-hydrogen) atoms. The summed E-state index contributed by atoms with van der Waals surface area (Å²) >= 11 is 0. The first-order valence-corrected chi connectivity index (χ1v) is 16.9. The molecule has 0 unspecified atom stereocenters. The minimum Gasteiger partial charge on any atom is -0.392 e. The van der Waals surface area contributed by atoms with Crippen molar-refractivity contribution in [3.05, 3.63) is 161 Å². The fourth-order valence-corrected chi connectivity index (χ4v) is 6.12. The zero-order valence-electron chi connectivity index (χ0n) is 27.9. The summed E-state index contributed by atoms with van der Waals surface area (Å²) in [7, 11) is 2.12. The molecule has 0 spiro atoms. The van der Waals surface area contributed by atoms with Crippen LogP contribution >= 0.6 is 0 Å². The van der Waals surface area contributed by atoms with Gasteiger partial charge in [-0.05, 0) is 52.6 Å². The summed E-state index contributed by atoms with van der Waals surface area (Å²) in [5.41, 5.74) is 8.13. The number of nitrogens with zero attached hydrogens (tertiary/aromatic N) is 2. The number of benzene rings is 4. The van der Waals surface area contributed by atoms with Crippen molar-refractivity contribution >= 4 is 6.03 Å². The summed E-state index contributed by atoms with van der Waals surface area (Å²) in [6.07, 6.45) is 2.69. The maximum Gasteiger partial charge on any atom is 0.315 e. The number of likely N-dealkylation sites (N-methyl/N-ethyl adjacent to an activating group) is 1. The third-order valence-electron chi connectivity index (χ3n) is 8.85. The second kappa shape index (κ2) is 17.0. The Kier molecular flexibility index (Phi) is 11.8. The molecule has 6 rings (SSSR count). The number of nitrogens with one attached hydrogen (secondary N) is 2. The molecule has 0 radical (unpaired) electrons. The standard InChI is InChI=1S/C41H44N4O4/c1-45(24-22-36-12-7-8-23-42-36)28-37-25-39(33-16-14-31(29-46)15-17-33)49-40(48-37)34-20-18-32(19-21-34)38-13-6-5-11-35(38)27-44-41(47)43-26-30-9-3-2-4-10-30/h2-21,23,37,39-40,46H,22,24-29H2,1H3,(H2,43,44,47)/t37-,39+,40+/m0/s1. The fraction of sp³-hybridized carbons (Fsp3) is 0.268. The number of hydrogen-bond donors (Lipinski definition) is 3. The first-order chi connectivity index (χ1) is 24.0. The monoisotopic (exact) mass is 656 g/mol. The molecule has 252 valence electrons. The van der Waals surface area contributed by atoms with Crippen molar-refractivity contribution in [2.45, 2.75) is 51.0 Å². The van der Waals surface area contributed by atoms with Gasteiger partial charge in [0.05, 0.1) is 18.8 Å². The minimum absolute atomic E-state index is 0.00816. The van der Waals surface area contributed by atoms with Crippen molar-refractivity contribution in [1.82, 2.24) is 20.5 Å². The van der Waals surface area contributed by atoms with Crippen molar-refractivity contribution in [2.24, 2.45) is 0 Å². The van der Waals surface area contributed by atoms with E-state index in [0.717, 1.165) is 70.6 Å². The summed E-state index contributed by atoms with van der Waals surface area (Å²) in [5.74, 6) is 0. The van der Waals surface area contributed by atoms with Gasteiger partial charge in [0.2, 0.25) is 0 Å². The lowest BCUT2D eigenvalue weighted by Gasteiger charge is -2.38. The maximum absolute atomic E-state index is 12.5. The number of carbonyl (C=O) groups is 1. The molecule has 1 fully saturated rings. The van der Waals surface area contributed by atoms with Crippen LogP contribution in [0.2, 0.25) is 0 Å². The Morgan fingerprint density at radius 1 is 0.796 bits per heavy atom. The number of pyridine rings is 1. The topological polar surface area (TPSA) is 96.0 Å². The van der Waals surface area contributed by atoms with Crippen LogP contribution < -0.4 is 10.6 Å². The predicted molar refractivity (Wildman–Crippen MR) is 191 cm³/mol. The average Bonchev–Trinajstić information content (AvgIpc) is 3.16. The van der Waals surface area contributed by atoms with Gasteiger partial charge in [-0.3, -0.25) is 4.98 Å². The maximum atomic E-state index is 12.5. The highest BCUT2D eigenvalue weighted by Gasteiger charge is 2.32. The molecule has 1 aliphatic heterocycles. The van der Waals surface area contributed by atoms with Gasteiger partial charge in [-0.2, -0.15) is 0 Å². The molecule has 8 nitrogen and oxygen atoms in total. The lowest BCUT2D eigenvalue weighted by Crippen LogP contribution is -2.38. The molecule has 0 bridgehead atoms. The van der Waals surface area contributed by atoms with Crippen molar-refractivity contribution in [1.29, 1.82) is 0 Å². The molecular weight excluding hydrogens is 612 g/mol. The molecule has 3 N–H and O–H groups in total. The second-order valence-corrected chi connectivity index (χ2v) is 12.5. The van der Waals surface area contributed by atoms with E-state index in [1.807, 2.05) is 91.1 Å². The number of urea groups is 1. The lowest BCUT2D eigenvalue weighted by molar-refractivity contribution is -0.252. The van der Waals surface area contributed by atoms with E-state index in [2.05, 4.69) is 64.0 Å². The van der Waals surface area contributed by atoms with Crippen LogP contribution in [0.25, 0.3) is 11.1 Å². The van der Waals surface area contributed by atoms with Gasteiger partial charge in [0.15, 0.2) is 6.29 Å². The number of carbonyl (C=O) groups excluding carboxylic acids is 1. The van der Waals surface area contributed by atoms with Crippen LogP contribution in [0.3, 0.4) is 0 Å². The van der Waals surface area contributed by atoms with Crippen LogP contribution in [-0.2, 0) is 35.6 Å². The predicted octanol–water partition coefficient (Wildman–Crippen LogP) is 6.96. The van der Waals surface area contributed by atoms with Crippen LogP contribution in [-0.4, -0.2) is 47.3 Å². The van der Waals surface area contributed by atoms with Gasteiger partial charge in [-0.15, -0.1) is 0 Å². The zero-order chi connectivity index (χ0) is 33.8. The molecule has 2 heterocycles. The zero-order valence-corrected chi connectivity index (χ0v) is 27.9. The number of rotatable bonds is 13. The first-order valence-electron chi connectivity index (χ1n) is 16.9. The highest BCUT2D eigenvalue weighted by atomic mass is 16.7. The molecule has 1 aromatic heterocycles. The average molecular weight is 657 g/mol. The largest absolute Gasteiger partial charge is 0.392 e. The molecule has 5 aromatic rings. The van der Waals surface area contributed by atoms with Crippen LogP contribution in [0.4, 0.5) is 4.79 Å². The lowest BCUT2D eigenvalue weighted by atomic mass is 9.97. The van der Waals surface area contributed by atoms with Crippen molar-refractivity contribution in [3.63, 3.8) is 0 Å². The van der Waals surface area contributed by atoms with E-state index in [0.29, 0.717) is 13.1 Å². The van der Waals surface area contributed by atoms with Gasteiger partial charge >= 0.3 is 6.03 Å².